The van der Waals surface area contributed by atoms with Crippen LogP contribution in [0.15, 0.2) is 18.2 Å². The molecule has 0 aliphatic heterocycles. The van der Waals surface area contributed by atoms with E-state index in [4.69, 9.17) is 10.5 Å². The van der Waals surface area contributed by atoms with Gasteiger partial charge in [0.1, 0.15) is 0 Å². The lowest BCUT2D eigenvalue weighted by Crippen LogP contribution is -2.21. The summed E-state index contributed by atoms with van der Waals surface area (Å²) in [6.07, 6.45) is 3.46. The lowest BCUT2D eigenvalue weighted by Gasteiger charge is -2.17. The number of benzene rings is 1. The van der Waals surface area contributed by atoms with Gasteiger partial charge in [0.05, 0.1) is 6.10 Å². The van der Waals surface area contributed by atoms with Crippen molar-refractivity contribution in [2.24, 2.45) is 5.73 Å². The normalized spacial score (nSPS) is 12.8. The lowest BCUT2D eigenvalue weighted by atomic mass is 10.0. The molecule has 0 bridgehead atoms. The Kier molecular flexibility index (Phi) is 6.13. The number of hydrogen-bond donors (Lipinski definition) is 1. The van der Waals surface area contributed by atoms with Crippen molar-refractivity contribution < 1.29 is 9.13 Å². The second kappa shape index (κ2) is 7.37. The van der Waals surface area contributed by atoms with E-state index in [0.29, 0.717) is 12.2 Å². The molecule has 102 valence electrons. The van der Waals surface area contributed by atoms with Crippen LogP contribution in [0, 0.1) is 5.82 Å². The molecule has 2 nitrogen and oxygen atoms in total. The zero-order valence-corrected chi connectivity index (χ0v) is 11.6. The number of hydrogen-bond acceptors (Lipinski definition) is 2. The first-order valence-corrected chi connectivity index (χ1v) is 6.81. The summed E-state index contributed by atoms with van der Waals surface area (Å²) in [7, 11) is 0. The fourth-order valence-corrected chi connectivity index (χ4v) is 1.85. The molecule has 0 heterocycles. The van der Waals surface area contributed by atoms with Crippen molar-refractivity contribution in [3.63, 3.8) is 0 Å². The van der Waals surface area contributed by atoms with Crippen LogP contribution < -0.4 is 10.5 Å². The second-order valence-corrected chi connectivity index (χ2v) is 4.69. The van der Waals surface area contributed by atoms with Crippen LogP contribution in [0.2, 0.25) is 0 Å². The SMILES string of the molecule is CCC(N)Cc1ccc(OC(CC)CC)c(F)c1. The molecule has 2 N–H and O–H groups in total. The smallest absolute Gasteiger partial charge is 0.165 e. The molecule has 1 rings (SSSR count). The van der Waals surface area contributed by atoms with Crippen LogP contribution in [0.3, 0.4) is 0 Å². The Hall–Kier alpha value is -1.09. The Balaban J connectivity index is 2.73. The van der Waals surface area contributed by atoms with Gasteiger partial charge in [0.15, 0.2) is 11.6 Å². The standard InChI is InChI=1S/C15H24FNO/c1-4-12(17)9-11-7-8-15(14(16)10-11)18-13(5-2)6-3/h7-8,10,12-13H,4-6,9,17H2,1-3H3. The third-order valence-corrected chi connectivity index (χ3v) is 3.22. The van der Waals surface area contributed by atoms with Gasteiger partial charge in [-0.3, -0.25) is 0 Å². The molecule has 0 spiro atoms. The van der Waals surface area contributed by atoms with Crippen LogP contribution >= 0.6 is 0 Å². The Morgan fingerprint density at radius 2 is 1.83 bits per heavy atom. The average molecular weight is 253 g/mol. The van der Waals surface area contributed by atoms with Gasteiger partial charge in [-0.15, -0.1) is 0 Å². The molecular formula is C15H24FNO. The van der Waals surface area contributed by atoms with Crippen molar-refractivity contribution in [2.75, 3.05) is 0 Å². The minimum atomic E-state index is -0.289. The fraction of sp³-hybridized carbons (Fsp3) is 0.600. The first-order chi connectivity index (χ1) is 8.60. The number of ether oxygens (including phenoxy) is 1. The molecule has 1 atom stereocenters. The van der Waals surface area contributed by atoms with Gasteiger partial charge in [0.2, 0.25) is 0 Å². The van der Waals surface area contributed by atoms with Crippen LogP contribution in [0.25, 0.3) is 0 Å². The largest absolute Gasteiger partial charge is 0.487 e. The highest BCUT2D eigenvalue weighted by Crippen LogP contribution is 2.22. The Labute approximate surface area is 109 Å². The molecule has 0 saturated carbocycles. The predicted octanol–water partition coefficient (Wildman–Crippen LogP) is 3.67. The van der Waals surface area contributed by atoms with E-state index in [0.717, 1.165) is 24.8 Å². The summed E-state index contributed by atoms with van der Waals surface area (Å²) < 4.78 is 19.5. The summed E-state index contributed by atoms with van der Waals surface area (Å²) in [4.78, 5) is 0. The summed E-state index contributed by atoms with van der Waals surface area (Å²) in [6, 6.07) is 5.24. The average Bonchev–Trinajstić information content (AvgIpc) is 2.38. The molecular weight excluding hydrogens is 229 g/mol. The highest BCUT2D eigenvalue weighted by Gasteiger charge is 2.11. The van der Waals surface area contributed by atoms with Crippen molar-refractivity contribution in [2.45, 2.75) is 58.6 Å². The first kappa shape index (κ1) is 15.0. The summed E-state index contributed by atoms with van der Waals surface area (Å²) in [5, 5.41) is 0. The van der Waals surface area contributed by atoms with Crippen molar-refractivity contribution in [1.82, 2.24) is 0 Å². The molecule has 0 aliphatic carbocycles. The maximum Gasteiger partial charge on any atom is 0.165 e. The van der Waals surface area contributed by atoms with E-state index in [-0.39, 0.29) is 18.0 Å². The molecule has 1 aromatic carbocycles. The molecule has 0 saturated heterocycles. The van der Waals surface area contributed by atoms with E-state index in [1.807, 2.05) is 26.8 Å². The molecule has 1 aromatic rings. The fourth-order valence-electron chi connectivity index (χ4n) is 1.85. The minimum absolute atomic E-state index is 0.0863. The van der Waals surface area contributed by atoms with Gasteiger partial charge in [-0.25, -0.2) is 4.39 Å². The lowest BCUT2D eigenvalue weighted by molar-refractivity contribution is 0.184. The van der Waals surface area contributed by atoms with Crippen molar-refractivity contribution in [3.8, 4) is 5.75 Å². The first-order valence-electron chi connectivity index (χ1n) is 6.81. The zero-order chi connectivity index (χ0) is 13.5. The van der Waals surface area contributed by atoms with Crippen molar-refractivity contribution >= 4 is 0 Å². The van der Waals surface area contributed by atoms with Crippen molar-refractivity contribution in [1.29, 1.82) is 0 Å². The maximum absolute atomic E-state index is 13.9. The van der Waals surface area contributed by atoms with E-state index >= 15 is 0 Å². The Morgan fingerprint density at radius 1 is 1.17 bits per heavy atom. The van der Waals surface area contributed by atoms with Crippen LogP contribution in [-0.4, -0.2) is 12.1 Å². The monoisotopic (exact) mass is 253 g/mol. The highest BCUT2D eigenvalue weighted by molar-refractivity contribution is 5.30. The molecule has 0 fully saturated rings. The summed E-state index contributed by atoms with van der Waals surface area (Å²) >= 11 is 0. The molecule has 3 heteroatoms. The molecule has 0 aromatic heterocycles. The van der Waals surface area contributed by atoms with Crippen LogP contribution in [0.4, 0.5) is 4.39 Å². The van der Waals surface area contributed by atoms with Crippen LogP contribution in [0.5, 0.6) is 5.75 Å². The van der Waals surface area contributed by atoms with Crippen LogP contribution in [0.1, 0.15) is 45.6 Å². The molecule has 1 unspecified atom stereocenters. The van der Waals surface area contributed by atoms with E-state index in [1.54, 1.807) is 6.07 Å². The van der Waals surface area contributed by atoms with Gasteiger partial charge in [-0.2, -0.15) is 0 Å². The Morgan fingerprint density at radius 3 is 2.33 bits per heavy atom. The third kappa shape index (κ3) is 4.30. The Bertz CT molecular complexity index is 364. The quantitative estimate of drug-likeness (QED) is 0.804. The van der Waals surface area contributed by atoms with Gasteiger partial charge < -0.3 is 10.5 Å². The molecule has 0 radical (unpaired) electrons. The minimum Gasteiger partial charge on any atom is -0.487 e. The second-order valence-electron chi connectivity index (χ2n) is 4.69. The maximum atomic E-state index is 13.9. The van der Waals surface area contributed by atoms with Gasteiger partial charge >= 0.3 is 0 Å². The molecule has 0 amide bonds. The van der Waals surface area contributed by atoms with E-state index in [2.05, 4.69) is 0 Å². The van der Waals surface area contributed by atoms with E-state index in [1.165, 1.54) is 6.07 Å². The highest BCUT2D eigenvalue weighted by atomic mass is 19.1. The van der Waals surface area contributed by atoms with E-state index in [9.17, 15) is 4.39 Å². The van der Waals surface area contributed by atoms with Crippen LogP contribution in [-0.2, 0) is 6.42 Å². The number of nitrogens with two attached hydrogens (primary N) is 1. The molecule has 18 heavy (non-hydrogen) atoms. The topological polar surface area (TPSA) is 35.2 Å². The van der Waals surface area contributed by atoms with Gasteiger partial charge in [0.25, 0.3) is 0 Å². The number of halogens is 1. The summed E-state index contributed by atoms with van der Waals surface area (Å²) in [5.41, 5.74) is 6.79. The van der Waals surface area contributed by atoms with E-state index < -0.39 is 0 Å². The van der Waals surface area contributed by atoms with Gasteiger partial charge in [-0.05, 0) is 43.4 Å². The predicted molar refractivity (Wildman–Crippen MR) is 73.4 cm³/mol. The number of rotatable bonds is 7. The summed E-state index contributed by atoms with van der Waals surface area (Å²) in [6.45, 7) is 6.12. The van der Waals surface area contributed by atoms with Gasteiger partial charge in [-0.1, -0.05) is 26.8 Å². The van der Waals surface area contributed by atoms with Crippen molar-refractivity contribution in [3.05, 3.63) is 29.6 Å². The summed E-state index contributed by atoms with van der Waals surface area (Å²) in [5.74, 6) is 0.0558. The van der Waals surface area contributed by atoms with Gasteiger partial charge in [0, 0.05) is 6.04 Å². The zero-order valence-electron chi connectivity index (χ0n) is 11.6. The third-order valence-electron chi connectivity index (χ3n) is 3.22. The molecule has 0 aliphatic rings.